The van der Waals surface area contributed by atoms with E-state index in [2.05, 4.69) is 15.0 Å². The van der Waals surface area contributed by atoms with Crippen molar-refractivity contribution in [1.29, 1.82) is 0 Å². The molecule has 3 N–H and O–H groups in total. The highest BCUT2D eigenvalue weighted by atomic mass is 19.2. The van der Waals surface area contributed by atoms with E-state index in [4.69, 9.17) is 14.2 Å². The SMILES string of the molecule is C[C@H]1[C@H](OCCc2cn(CCOCCC(=O)Oc3c(F)c(F)c(F)c(F)c3F)nn2)O[C@H](CO)[C@H](O)[C@@H]1O. The summed E-state index contributed by atoms with van der Waals surface area (Å²) in [5.74, 6) is -14.8. The van der Waals surface area contributed by atoms with Gasteiger partial charge in [0, 0.05) is 18.5 Å². The molecule has 11 nitrogen and oxygen atoms in total. The lowest BCUT2D eigenvalue weighted by Crippen LogP contribution is -2.55. The topological polar surface area (TPSA) is 145 Å². The molecule has 16 heteroatoms. The van der Waals surface area contributed by atoms with Crippen LogP contribution in [0.1, 0.15) is 19.0 Å². The predicted molar refractivity (Wildman–Crippen MR) is 114 cm³/mol. The predicted octanol–water partition coefficient (Wildman–Crippen LogP) is 0.620. The maximum absolute atomic E-state index is 13.6. The van der Waals surface area contributed by atoms with E-state index in [0.29, 0.717) is 12.1 Å². The quantitative estimate of drug-likeness (QED) is 0.0851. The van der Waals surface area contributed by atoms with Crippen LogP contribution in [0.25, 0.3) is 0 Å². The number of nitrogens with zero attached hydrogens (tertiary/aromatic N) is 3. The summed E-state index contributed by atoms with van der Waals surface area (Å²) < 4.78 is 88.5. The van der Waals surface area contributed by atoms with Gasteiger partial charge in [-0.2, -0.15) is 8.78 Å². The lowest BCUT2D eigenvalue weighted by atomic mass is 9.92. The molecule has 1 aromatic heterocycles. The molecule has 212 valence electrons. The lowest BCUT2D eigenvalue weighted by molar-refractivity contribution is -0.282. The average molecular weight is 555 g/mol. The first kappa shape index (κ1) is 29.8. The standard InChI is InChI=1S/C22H26F5N3O8/c1-10-19(33)20(34)12(9-31)37-22(10)36-6-2-11-8-30(29-28-11)4-7-35-5-3-13(32)38-21-17(26)15(24)14(23)16(25)18(21)27/h8,10,12,19-20,22,31,33-34H,2-7,9H2,1H3/t10-,12-,19-,20+,22-/m1/s1. The summed E-state index contributed by atoms with van der Waals surface area (Å²) in [6, 6.07) is 0. The van der Waals surface area contributed by atoms with Crippen molar-refractivity contribution in [2.45, 2.75) is 50.9 Å². The summed E-state index contributed by atoms with van der Waals surface area (Å²) in [4.78, 5) is 11.7. The Morgan fingerprint density at radius 2 is 1.68 bits per heavy atom. The Balaban J connectivity index is 1.35. The minimum atomic E-state index is -2.36. The van der Waals surface area contributed by atoms with Crippen LogP contribution < -0.4 is 4.74 Å². The molecule has 5 atom stereocenters. The fourth-order valence-corrected chi connectivity index (χ4v) is 3.51. The fourth-order valence-electron chi connectivity index (χ4n) is 3.51. The second-order valence-electron chi connectivity index (χ2n) is 8.40. The Hall–Kier alpha value is -2.76. The van der Waals surface area contributed by atoms with Crippen LogP contribution in [0.15, 0.2) is 6.20 Å². The summed E-state index contributed by atoms with van der Waals surface area (Å²) in [7, 11) is 0. The Morgan fingerprint density at radius 1 is 1.03 bits per heavy atom. The molecule has 0 bridgehead atoms. The zero-order valence-corrected chi connectivity index (χ0v) is 20.0. The normalized spacial score (nSPS) is 23.6. The van der Waals surface area contributed by atoms with E-state index in [1.807, 2.05) is 0 Å². The smallest absolute Gasteiger partial charge is 0.313 e. The Kier molecular flexibility index (Phi) is 10.5. The number of hydrogen-bond acceptors (Lipinski definition) is 10. The molecule has 2 heterocycles. The van der Waals surface area contributed by atoms with Crippen molar-refractivity contribution >= 4 is 5.97 Å². The molecule has 0 amide bonds. The van der Waals surface area contributed by atoms with Crippen LogP contribution in [-0.4, -0.2) is 87.3 Å². The molecule has 1 aliphatic heterocycles. The van der Waals surface area contributed by atoms with Crippen molar-refractivity contribution in [2.24, 2.45) is 5.92 Å². The van der Waals surface area contributed by atoms with E-state index < -0.39 is 84.4 Å². The van der Waals surface area contributed by atoms with Crippen molar-refractivity contribution in [2.75, 3.05) is 26.4 Å². The Morgan fingerprint density at radius 3 is 2.34 bits per heavy atom. The maximum Gasteiger partial charge on any atom is 0.313 e. The number of rotatable bonds is 12. The number of aliphatic hydroxyl groups excluding tert-OH is 3. The van der Waals surface area contributed by atoms with Crippen LogP contribution in [0.4, 0.5) is 22.0 Å². The van der Waals surface area contributed by atoms with Crippen molar-refractivity contribution < 1.29 is 61.0 Å². The van der Waals surface area contributed by atoms with Crippen LogP contribution in [0.3, 0.4) is 0 Å². The molecule has 1 fully saturated rings. The summed E-state index contributed by atoms with van der Waals surface area (Å²) in [5, 5.41) is 37.0. The van der Waals surface area contributed by atoms with Gasteiger partial charge in [-0.3, -0.25) is 4.79 Å². The minimum Gasteiger partial charge on any atom is -0.420 e. The first-order chi connectivity index (χ1) is 18.0. The third-order valence-electron chi connectivity index (χ3n) is 5.71. The van der Waals surface area contributed by atoms with Crippen LogP contribution in [0, 0.1) is 35.0 Å². The molecule has 1 aromatic carbocycles. The van der Waals surface area contributed by atoms with Gasteiger partial charge in [0.2, 0.25) is 34.8 Å². The summed E-state index contributed by atoms with van der Waals surface area (Å²) in [6.07, 6.45) is -2.74. The van der Waals surface area contributed by atoms with Crippen LogP contribution in [-0.2, 0) is 32.0 Å². The number of esters is 1. The van der Waals surface area contributed by atoms with Gasteiger partial charge in [0.05, 0.1) is 51.2 Å². The van der Waals surface area contributed by atoms with Crippen molar-refractivity contribution in [3.8, 4) is 5.75 Å². The van der Waals surface area contributed by atoms with Gasteiger partial charge in [-0.05, 0) is 0 Å². The van der Waals surface area contributed by atoms with Gasteiger partial charge in [0.1, 0.15) is 12.2 Å². The van der Waals surface area contributed by atoms with Gasteiger partial charge in [-0.15, -0.1) is 5.10 Å². The molecule has 3 rings (SSSR count). The number of benzene rings is 1. The van der Waals surface area contributed by atoms with Gasteiger partial charge in [-0.25, -0.2) is 17.9 Å². The largest absolute Gasteiger partial charge is 0.420 e. The molecule has 1 aliphatic rings. The van der Waals surface area contributed by atoms with E-state index >= 15 is 0 Å². The molecular weight excluding hydrogens is 529 g/mol. The molecule has 1 saturated heterocycles. The number of aliphatic hydroxyl groups is 3. The third-order valence-corrected chi connectivity index (χ3v) is 5.71. The number of halogens is 5. The molecule has 2 aromatic rings. The maximum atomic E-state index is 13.6. The van der Waals surface area contributed by atoms with Gasteiger partial charge < -0.3 is 34.3 Å². The number of hydrogen-bond donors (Lipinski definition) is 3. The first-order valence-electron chi connectivity index (χ1n) is 11.5. The van der Waals surface area contributed by atoms with E-state index in [-0.39, 0.29) is 26.4 Å². The zero-order chi connectivity index (χ0) is 28.0. The number of ether oxygens (including phenoxy) is 4. The molecule has 38 heavy (non-hydrogen) atoms. The number of carbonyl (C=O) groups is 1. The van der Waals surface area contributed by atoms with E-state index in [9.17, 15) is 42.1 Å². The average Bonchev–Trinajstić information content (AvgIpc) is 3.36. The Labute approximate surface area is 212 Å². The number of aromatic nitrogens is 3. The summed E-state index contributed by atoms with van der Waals surface area (Å²) in [6.45, 7) is 1.31. The number of carbonyl (C=O) groups excluding carboxylic acids is 1. The van der Waals surface area contributed by atoms with Gasteiger partial charge in [-0.1, -0.05) is 12.1 Å². The van der Waals surface area contributed by atoms with Crippen LogP contribution in [0.2, 0.25) is 0 Å². The van der Waals surface area contributed by atoms with Crippen molar-refractivity contribution in [3.05, 3.63) is 41.0 Å². The monoisotopic (exact) mass is 555 g/mol. The molecule has 0 aliphatic carbocycles. The second-order valence-corrected chi connectivity index (χ2v) is 8.40. The molecule has 0 saturated carbocycles. The second kappa shape index (κ2) is 13.3. The van der Waals surface area contributed by atoms with Gasteiger partial charge >= 0.3 is 5.97 Å². The van der Waals surface area contributed by atoms with E-state index in [1.54, 1.807) is 13.1 Å². The lowest BCUT2D eigenvalue weighted by Gasteiger charge is -2.40. The third kappa shape index (κ3) is 7.00. The first-order valence-corrected chi connectivity index (χ1v) is 11.5. The van der Waals surface area contributed by atoms with Crippen molar-refractivity contribution in [3.63, 3.8) is 0 Å². The summed E-state index contributed by atoms with van der Waals surface area (Å²) >= 11 is 0. The van der Waals surface area contributed by atoms with Gasteiger partial charge in [0.15, 0.2) is 6.29 Å². The highest BCUT2D eigenvalue weighted by molar-refractivity contribution is 5.72. The van der Waals surface area contributed by atoms with Crippen LogP contribution >= 0.6 is 0 Å². The van der Waals surface area contributed by atoms with E-state index in [0.717, 1.165) is 0 Å². The zero-order valence-electron chi connectivity index (χ0n) is 20.0. The molecular formula is C22H26F5N3O8. The molecule has 0 radical (unpaired) electrons. The van der Waals surface area contributed by atoms with Crippen LogP contribution in [0.5, 0.6) is 5.75 Å². The fraction of sp³-hybridized carbons (Fsp3) is 0.591. The highest BCUT2D eigenvalue weighted by Crippen LogP contribution is 2.29. The molecule has 0 unspecified atom stereocenters. The van der Waals surface area contributed by atoms with Gasteiger partial charge in [0.25, 0.3) is 0 Å². The minimum absolute atomic E-state index is 0.0469. The van der Waals surface area contributed by atoms with Crippen molar-refractivity contribution in [1.82, 2.24) is 15.0 Å². The highest BCUT2D eigenvalue weighted by Gasteiger charge is 2.42. The summed E-state index contributed by atoms with van der Waals surface area (Å²) in [5.41, 5.74) is 0.555. The van der Waals surface area contributed by atoms with E-state index in [1.165, 1.54) is 4.68 Å². The molecule has 0 spiro atoms. The Bertz CT molecular complexity index is 1080.